The summed E-state index contributed by atoms with van der Waals surface area (Å²) in [7, 11) is 3.93. The van der Waals surface area contributed by atoms with Crippen molar-refractivity contribution in [3.8, 4) is 5.75 Å². The molecule has 4 rings (SSSR count). The maximum absolute atomic E-state index is 6.04. The normalized spacial score (nSPS) is 14.5. The van der Waals surface area contributed by atoms with Gasteiger partial charge in [-0.2, -0.15) is 5.10 Å². The number of para-hydroxylation sites is 2. The van der Waals surface area contributed by atoms with Crippen molar-refractivity contribution in [1.29, 1.82) is 0 Å². The van der Waals surface area contributed by atoms with E-state index in [1.165, 1.54) is 5.69 Å². The third-order valence-corrected chi connectivity index (χ3v) is 3.75. The number of nitrogens with zero attached hydrogens (tertiary/aromatic N) is 3. The van der Waals surface area contributed by atoms with Crippen LogP contribution in [0.1, 0.15) is 5.56 Å². The number of anilines is 2. The molecule has 0 amide bonds. The molecule has 2 aliphatic heterocycles. The fraction of sp³-hybridized carbons (Fsp3) is 0.133. The Hall–Kier alpha value is -2.43. The van der Waals surface area contributed by atoms with Gasteiger partial charge in [0.05, 0.1) is 11.9 Å². The molecule has 0 bridgehead atoms. The Balaban J connectivity index is 1.80. The third-order valence-electron chi connectivity index (χ3n) is 3.75. The van der Waals surface area contributed by atoms with Gasteiger partial charge < -0.3 is 9.55 Å². The van der Waals surface area contributed by atoms with Crippen LogP contribution in [0, 0.1) is 0 Å². The summed E-state index contributed by atoms with van der Waals surface area (Å²) >= 11 is 0. The van der Waals surface area contributed by atoms with Crippen molar-refractivity contribution in [2.75, 3.05) is 23.9 Å². The fourth-order valence-electron chi connectivity index (χ4n) is 2.66. The molecule has 4 nitrogen and oxygen atoms in total. The summed E-state index contributed by atoms with van der Waals surface area (Å²) in [5.74, 6) is 0.888. The van der Waals surface area contributed by atoms with Crippen LogP contribution < -0.4 is 19.9 Å². The molecule has 2 aliphatic rings. The van der Waals surface area contributed by atoms with E-state index < -0.39 is 0 Å². The molecular weight excluding hydrogens is 249 g/mol. The minimum Gasteiger partial charge on any atom is -0.535 e. The molecular formula is C15H14BN3O. The molecule has 5 heteroatoms. The van der Waals surface area contributed by atoms with Crippen molar-refractivity contribution < 1.29 is 4.65 Å². The number of benzene rings is 2. The smallest absolute Gasteiger partial charge is 0.535 e. The van der Waals surface area contributed by atoms with Crippen LogP contribution in [0.2, 0.25) is 0 Å². The molecule has 0 saturated heterocycles. The fourth-order valence-corrected chi connectivity index (χ4v) is 2.66. The zero-order valence-corrected chi connectivity index (χ0v) is 11.4. The topological polar surface area (TPSA) is 28.1 Å². The Bertz CT molecular complexity index is 714. The zero-order chi connectivity index (χ0) is 13.7. The Morgan fingerprint density at radius 1 is 1.15 bits per heavy atom. The summed E-state index contributed by atoms with van der Waals surface area (Å²) in [6.07, 6.45) is 1.91. The van der Waals surface area contributed by atoms with Gasteiger partial charge in [0, 0.05) is 19.8 Å². The molecule has 0 fully saturated rings. The minimum absolute atomic E-state index is 0.149. The minimum atomic E-state index is -0.149. The lowest BCUT2D eigenvalue weighted by atomic mass is 9.70. The monoisotopic (exact) mass is 263 g/mol. The van der Waals surface area contributed by atoms with Gasteiger partial charge >= 0.3 is 7.05 Å². The van der Waals surface area contributed by atoms with Crippen molar-refractivity contribution >= 4 is 30.1 Å². The quantitative estimate of drug-likeness (QED) is 0.733. The maximum Gasteiger partial charge on any atom is 0.542 e. The van der Waals surface area contributed by atoms with Crippen LogP contribution in [0.15, 0.2) is 47.6 Å². The summed E-state index contributed by atoms with van der Waals surface area (Å²) in [5, 5.41) is 4.54. The van der Waals surface area contributed by atoms with E-state index in [1.807, 2.05) is 49.5 Å². The summed E-state index contributed by atoms with van der Waals surface area (Å²) in [6, 6.07) is 14.4. The molecule has 0 unspecified atom stereocenters. The summed E-state index contributed by atoms with van der Waals surface area (Å²) in [6.45, 7) is 0. The van der Waals surface area contributed by atoms with Crippen LogP contribution in [0.25, 0.3) is 0 Å². The standard InChI is InChI=1S/C15H14BN3O/c1-18(2)12-7-8-13-11(9-12)10-17-19-14-5-3-4-6-15(14)20-16(13)19/h3-10H,1-2H3. The van der Waals surface area contributed by atoms with Crippen LogP contribution in [-0.4, -0.2) is 27.4 Å². The molecule has 2 aromatic carbocycles. The van der Waals surface area contributed by atoms with E-state index >= 15 is 0 Å². The molecule has 0 N–H and O–H groups in total. The van der Waals surface area contributed by atoms with E-state index in [2.05, 4.69) is 28.2 Å². The molecule has 20 heavy (non-hydrogen) atoms. The molecule has 0 radical (unpaired) electrons. The summed E-state index contributed by atoms with van der Waals surface area (Å²) in [4.78, 5) is 4.03. The Labute approximate surface area is 118 Å². The Morgan fingerprint density at radius 3 is 2.85 bits per heavy atom. The maximum atomic E-state index is 6.04. The summed E-state index contributed by atoms with van der Waals surface area (Å²) < 4.78 is 6.04. The highest BCUT2D eigenvalue weighted by Crippen LogP contribution is 2.36. The van der Waals surface area contributed by atoms with E-state index in [1.54, 1.807) is 0 Å². The first-order chi connectivity index (χ1) is 9.74. The van der Waals surface area contributed by atoms with Gasteiger partial charge in [-0.15, -0.1) is 0 Å². The van der Waals surface area contributed by atoms with Crippen LogP contribution >= 0.6 is 0 Å². The lowest BCUT2D eigenvalue weighted by Crippen LogP contribution is -2.50. The SMILES string of the molecule is CN(C)c1ccc2c(c1)C=NN1B2Oc2ccccc21. The third kappa shape index (κ3) is 1.53. The lowest BCUT2D eigenvalue weighted by molar-refractivity contribution is 0.601. The van der Waals surface area contributed by atoms with Crippen molar-refractivity contribution in [1.82, 2.24) is 0 Å². The van der Waals surface area contributed by atoms with E-state index in [9.17, 15) is 0 Å². The largest absolute Gasteiger partial charge is 0.542 e. The van der Waals surface area contributed by atoms with Crippen LogP contribution in [0.4, 0.5) is 11.4 Å². The van der Waals surface area contributed by atoms with Gasteiger partial charge in [-0.25, -0.2) is 0 Å². The molecule has 98 valence electrons. The van der Waals surface area contributed by atoms with Gasteiger partial charge in [0.2, 0.25) is 0 Å². The number of hydrazone groups is 1. The average Bonchev–Trinajstić information content (AvgIpc) is 2.85. The van der Waals surface area contributed by atoms with Gasteiger partial charge in [0.25, 0.3) is 0 Å². The van der Waals surface area contributed by atoms with Crippen molar-refractivity contribution in [3.63, 3.8) is 0 Å². The van der Waals surface area contributed by atoms with Gasteiger partial charge in [-0.1, -0.05) is 18.2 Å². The van der Waals surface area contributed by atoms with E-state index in [4.69, 9.17) is 4.65 Å². The van der Waals surface area contributed by atoms with Gasteiger partial charge in [0.1, 0.15) is 5.75 Å². The van der Waals surface area contributed by atoms with Crippen LogP contribution in [0.5, 0.6) is 5.75 Å². The predicted octanol–water partition coefficient (Wildman–Crippen LogP) is 1.69. The first-order valence-electron chi connectivity index (χ1n) is 6.64. The van der Waals surface area contributed by atoms with Gasteiger partial charge in [-0.3, -0.25) is 4.92 Å². The second-order valence-corrected chi connectivity index (χ2v) is 5.23. The predicted molar refractivity (Wildman–Crippen MR) is 83.3 cm³/mol. The van der Waals surface area contributed by atoms with Crippen LogP contribution in [0.3, 0.4) is 0 Å². The second-order valence-electron chi connectivity index (χ2n) is 5.23. The molecule has 0 saturated carbocycles. The highest BCUT2D eigenvalue weighted by molar-refractivity contribution is 6.74. The first-order valence-corrected chi connectivity index (χ1v) is 6.64. The number of rotatable bonds is 1. The zero-order valence-electron chi connectivity index (χ0n) is 11.4. The average molecular weight is 263 g/mol. The lowest BCUT2D eigenvalue weighted by Gasteiger charge is -2.23. The van der Waals surface area contributed by atoms with Gasteiger partial charge in [0.15, 0.2) is 0 Å². The molecule has 0 atom stereocenters. The molecule has 0 spiro atoms. The number of fused-ring (bicyclic) bond motifs is 5. The van der Waals surface area contributed by atoms with E-state index in [-0.39, 0.29) is 7.05 Å². The van der Waals surface area contributed by atoms with Crippen molar-refractivity contribution in [2.24, 2.45) is 5.10 Å². The van der Waals surface area contributed by atoms with Crippen molar-refractivity contribution in [3.05, 3.63) is 48.0 Å². The second kappa shape index (κ2) is 4.03. The Kier molecular flexibility index (Phi) is 2.30. The molecule has 2 aromatic rings. The molecule has 0 aromatic heterocycles. The highest BCUT2D eigenvalue weighted by atomic mass is 16.5. The first kappa shape index (κ1) is 11.4. The van der Waals surface area contributed by atoms with Crippen LogP contribution in [-0.2, 0) is 0 Å². The van der Waals surface area contributed by atoms with E-state index in [0.717, 1.165) is 22.5 Å². The molecule has 0 aliphatic carbocycles. The number of hydrogen-bond donors (Lipinski definition) is 0. The van der Waals surface area contributed by atoms with E-state index in [0.29, 0.717) is 0 Å². The summed E-state index contributed by atoms with van der Waals surface area (Å²) in [5.41, 5.74) is 4.46. The van der Waals surface area contributed by atoms with Crippen molar-refractivity contribution in [2.45, 2.75) is 0 Å². The highest BCUT2D eigenvalue weighted by Gasteiger charge is 2.41. The number of hydrogen-bond acceptors (Lipinski definition) is 4. The molecule has 2 heterocycles. The van der Waals surface area contributed by atoms with Gasteiger partial charge in [-0.05, 0) is 35.3 Å². The Morgan fingerprint density at radius 2 is 2.00 bits per heavy atom.